The minimum Gasteiger partial charge on any atom is -0.0986 e. The highest BCUT2D eigenvalue weighted by Gasteiger charge is 2.45. The molecule has 0 saturated heterocycles. The number of hydrogen-bond donors (Lipinski definition) is 0. The summed E-state index contributed by atoms with van der Waals surface area (Å²) in [6, 6.07) is 11.9. The van der Waals surface area contributed by atoms with Gasteiger partial charge in [0, 0.05) is 5.92 Å². The summed E-state index contributed by atoms with van der Waals surface area (Å²) in [5.41, 5.74) is 15.4. The lowest BCUT2D eigenvalue weighted by Crippen LogP contribution is -2.42. The molecule has 0 N–H and O–H groups in total. The Morgan fingerprint density at radius 3 is 2.40 bits per heavy atom. The molecule has 0 spiro atoms. The average Bonchev–Trinajstić information content (AvgIpc) is 3.35. The van der Waals surface area contributed by atoms with Crippen LogP contribution in [0.5, 0.6) is 0 Å². The van der Waals surface area contributed by atoms with E-state index in [1.807, 2.05) is 0 Å². The van der Waals surface area contributed by atoms with E-state index in [0.717, 1.165) is 31.1 Å². The summed E-state index contributed by atoms with van der Waals surface area (Å²) < 4.78 is 0. The van der Waals surface area contributed by atoms with Crippen molar-refractivity contribution in [3.8, 4) is 11.1 Å². The molecule has 0 heteroatoms. The summed E-state index contributed by atoms with van der Waals surface area (Å²) in [5, 5.41) is 0. The predicted molar refractivity (Wildman–Crippen MR) is 187 cm³/mol. The van der Waals surface area contributed by atoms with Gasteiger partial charge in [0.1, 0.15) is 0 Å². The third-order valence-corrected chi connectivity index (χ3v) is 11.7. The molecule has 2 atom stereocenters. The Labute approximate surface area is 263 Å². The van der Waals surface area contributed by atoms with Gasteiger partial charge >= 0.3 is 0 Å². The third kappa shape index (κ3) is 6.32. The first-order valence-electron chi connectivity index (χ1n) is 17.4. The molecule has 0 radical (unpaired) electrons. The topological polar surface area (TPSA) is 0 Å². The van der Waals surface area contributed by atoms with Crippen LogP contribution in [0.2, 0.25) is 0 Å². The van der Waals surface area contributed by atoms with Gasteiger partial charge in [0.05, 0.1) is 0 Å². The van der Waals surface area contributed by atoms with Crippen molar-refractivity contribution in [1.29, 1.82) is 0 Å². The van der Waals surface area contributed by atoms with E-state index in [4.69, 9.17) is 0 Å². The second kappa shape index (κ2) is 11.7. The smallest absolute Gasteiger partial charge is 0.00827 e. The third-order valence-electron chi connectivity index (χ3n) is 11.7. The number of aryl methyl sites for hydroxylation is 2. The Hall–Kier alpha value is -2.60. The first-order chi connectivity index (χ1) is 20.4. The van der Waals surface area contributed by atoms with Crippen molar-refractivity contribution < 1.29 is 0 Å². The van der Waals surface area contributed by atoms with Crippen molar-refractivity contribution in [3.63, 3.8) is 0 Å². The monoisotopic (exact) mass is 572 g/mol. The lowest BCUT2D eigenvalue weighted by atomic mass is 9.53. The van der Waals surface area contributed by atoms with Gasteiger partial charge in [0.25, 0.3) is 0 Å². The maximum atomic E-state index is 4.64. The van der Waals surface area contributed by atoms with Crippen molar-refractivity contribution in [2.75, 3.05) is 0 Å². The van der Waals surface area contributed by atoms with Crippen LogP contribution in [-0.4, -0.2) is 0 Å². The number of rotatable bonds is 7. The molecule has 2 saturated carbocycles. The van der Waals surface area contributed by atoms with E-state index >= 15 is 0 Å². The van der Waals surface area contributed by atoms with E-state index in [-0.39, 0.29) is 5.41 Å². The normalized spacial score (nSPS) is 27.7. The second-order valence-corrected chi connectivity index (χ2v) is 16.6. The van der Waals surface area contributed by atoms with Gasteiger partial charge in [-0.2, -0.15) is 0 Å². The van der Waals surface area contributed by atoms with Crippen LogP contribution in [0.25, 0.3) is 17.2 Å². The van der Waals surface area contributed by atoms with Gasteiger partial charge in [0.2, 0.25) is 0 Å². The minimum absolute atomic E-state index is 0.288. The maximum absolute atomic E-state index is 4.64. The molecule has 228 valence electrons. The van der Waals surface area contributed by atoms with Gasteiger partial charge in [-0.15, -0.1) is 0 Å². The van der Waals surface area contributed by atoms with E-state index in [2.05, 4.69) is 103 Å². The highest BCUT2D eigenvalue weighted by atomic mass is 14.5. The molecule has 0 aromatic heterocycles. The Morgan fingerprint density at radius 1 is 0.930 bits per heavy atom. The van der Waals surface area contributed by atoms with E-state index in [9.17, 15) is 0 Å². The molecule has 0 aliphatic heterocycles. The van der Waals surface area contributed by atoms with Gasteiger partial charge in [-0.25, -0.2) is 0 Å². The van der Waals surface area contributed by atoms with Crippen LogP contribution in [0.3, 0.4) is 0 Å². The zero-order valence-electron chi connectivity index (χ0n) is 28.1. The largest absolute Gasteiger partial charge is 0.0986 e. The van der Waals surface area contributed by atoms with Crippen LogP contribution >= 0.6 is 0 Å². The van der Waals surface area contributed by atoms with E-state index in [1.165, 1.54) is 101 Å². The molecular weight excluding hydrogens is 516 g/mol. The Kier molecular flexibility index (Phi) is 8.29. The van der Waals surface area contributed by atoms with Gasteiger partial charge in [-0.3, -0.25) is 0 Å². The molecule has 0 amide bonds. The van der Waals surface area contributed by atoms with E-state index in [0.29, 0.717) is 17.3 Å². The van der Waals surface area contributed by atoms with Gasteiger partial charge < -0.3 is 0 Å². The molecule has 0 heterocycles. The summed E-state index contributed by atoms with van der Waals surface area (Å²) >= 11 is 0. The molecule has 4 aliphatic carbocycles. The van der Waals surface area contributed by atoms with Gasteiger partial charge in [-0.05, 0) is 133 Å². The fourth-order valence-corrected chi connectivity index (χ4v) is 9.51. The molecule has 6 rings (SSSR count). The summed E-state index contributed by atoms with van der Waals surface area (Å²) in [7, 11) is 0. The minimum atomic E-state index is 0.288. The molecule has 2 aromatic carbocycles. The highest BCUT2D eigenvalue weighted by Crippen LogP contribution is 2.56. The van der Waals surface area contributed by atoms with Crippen molar-refractivity contribution in [3.05, 3.63) is 100 Å². The highest BCUT2D eigenvalue weighted by molar-refractivity contribution is 5.80. The van der Waals surface area contributed by atoms with Crippen LogP contribution in [0, 0.1) is 48.3 Å². The standard InChI is InChI=1S/C43H56/c1-28-19-30(3)39(24-33-25-43(8,26-33)36-14-10-9-11-15-36)41(20-28)37-16-12-13-34-21-32(23-40(34)37)22-38-29(2)17-18-35(31(38)4)27-42(5,6)7/h12-13,16-21,33,35-36,38H,2,4,9-11,14-15,22-27H2,1,3,5-8H3. The quantitative estimate of drug-likeness (QED) is 0.289. The van der Waals surface area contributed by atoms with E-state index < -0.39 is 0 Å². The first kappa shape index (κ1) is 30.4. The fraction of sp³-hybridized carbons (Fsp3) is 0.535. The van der Waals surface area contributed by atoms with Crippen molar-refractivity contribution >= 4 is 6.08 Å². The Bertz CT molecular complexity index is 1450. The molecule has 0 bridgehead atoms. The molecule has 2 aromatic rings. The van der Waals surface area contributed by atoms with Gasteiger partial charge in [-0.1, -0.05) is 125 Å². The fourth-order valence-electron chi connectivity index (χ4n) is 9.51. The summed E-state index contributed by atoms with van der Waals surface area (Å²) in [4.78, 5) is 0. The average molecular weight is 573 g/mol. The molecule has 2 fully saturated rings. The second-order valence-electron chi connectivity index (χ2n) is 16.6. The van der Waals surface area contributed by atoms with Crippen LogP contribution < -0.4 is 0 Å². The first-order valence-corrected chi connectivity index (χ1v) is 17.4. The van der Waals surface area contributed by atoms with Crippen LogP contribution in [0.1, 0.15) is 113 Å². The molecular formula is C43H56. The Balaban J connectivity index is 1.21. The van der Waals surface area contributed by atoms with Crippen LogP contribution in [0.4, 0.5) is 0 Å². The lowest BCUT2D eigenvalue weighted by Gasteiger charge is -2.52. The summed E-state index contributed by atoms with van der Waals surface area (Å²) in [6.45, 7) is 23.4. The molecule has 0 nitrogen and oxygen atoms in total. The number of fused-ring (bicyclic) bond motifs is 1. The predicted octanol–water partition coefficient (Wildman–Crippen LogP) is 12.2. The van der Waals surface area contributed by atoms with Crippen molar-refractivity contribution in [2.24, 2.45) is 34.5 Å². The Morgan fingerprint density at radius 2 is 1.67 bits per heavy atom. The van der Waals surface area contributed by atoms with Gasteiger partial charge in [0.15, 0.2) is 0 Å². The number of allylic oxidation sites excluding steroid dienone is 5. The SMILES string of the molecule is C=C1C=CC(CC(C)(C)C)C(=C)C1CC1=Cc2cccc(-c3cc(C)cc(C)c3CC3CC(C)(C4CCCCC4)C3)c2C1. The summed E-state index contributed by atoms with van der Waals surface area (Å²) in [6.07, 6.45) is 21.7. The number of benzene rings is 2. The van der Waals surface area contributed by atoms with Crippen LogP contribution in [0.15, 0.2) is 72.4 Å². The summed E-state index contributed by atoms with van der Waals surface area (Å²) in [5.74, 6) is 2.58. The van der Waals surface area contributed by atoms with Crippen molar-refractivity contribution in [2.45, 2.75) is 112 Å². The molecule has 4 aliphatic rings. The number of hydrogen-bond acceptors (Lipinski definition) is 0. The zero-order valence-corrected chi connectivity index (χ0v) is 28.1. The zero-order chi connectivity index (χ0) is 30.5. The maximum Gasteiger partial charge on any atom is 0.00827 e. The lowest BCUT2D eigenvalue weighted by molar-refractivity contribution is -0.00701. The van der Waals surface area contributed by atoms with E-state index in [1.54, 1.807) is 5.56 Å². The van der Waals surface area contributed by atoms with Crippen LogP contribution in [-0.2, 0) is 12.8 Å². The van der Waals surface area contributed by atoms with Crippen molar-refractivity contribution in [1.82, 2.24) is 0 Å². The molecule has 2 unspecified atom stereocenters. The molecule has 43 heavy (non-hydrogen) atoms.